The molecule has 1 saturated carbocycles. The number of hydrogen-bond donors (Lipinski definition) is 3. The molecule has 0 amide bonds. The summed E-state index contributed by atoms with van der Waals surface area (Å²) in [5.41, 5.74) is -0.814. The second-order valence-electron chi connectivity index (χ2n) is 6.58. The second-order valence-corrected chi connectivity index (χ2v) is 6.58. The molecule has 1 aliphatic carbocycles. The summed E-state index contributed by atoms with van der Waals surface area (Å²) < 4.78 is 5.40. The molecule has 0 bridgehead atoms. The summed E-state index contributed by atoms with van der Waals surface area (Å²) in [6, 6.07) is 0. The summed E-state index contributed by atoms with van der Waals surface area (Å²) in [5.74, 6) is 0.150. The van der Waals surface area contributed by atoms with Crippen molar-refractivity contribution in [3.05, 3.63) is 12.2 Å². The van der Waals surface area contributed by atoms with Crippen molar-refractivity contribution in [2.75, 3.05) is 0 Å². The fourth-order valence-electron chi connectivity index (χ4n) is 3.46. The third-order valence-corrected chi connectivity index (χ3v) is 4.66. The molecule has 0 aromatic heterocycles. The first-order valence-electron chi connectivity index (χ1n) is 7.86. The van der Waals surface area contributed by atoms with Crippen LogP contribution in [0.4, 0.5) is 0 Å². The van der Waals surface area contributed by atoms with E-state index in [0.717, 1.165) is 25.7 Å². The molecule has 0 spiro atoms. The molecule has 6 unspecified atom stereocenters. The Morgan fingerprint density at radius 1 is 1.25 bits per heavy atom. The first-order chi connectivity index (χ1) is 9.43. The fraction of sp³-hybridized carbons (Fsp3) is 0.875. The molecule has 4 nitrogen and oxygen atoms in total. The van der Waals surface area contributed by atoms with E-state index in [2.05, 4.69) is 6.92 Å². The third-order valence-electron chi connectivity index (χ3n) is 4.66. The zero-order chi connectivity index (χ0) is 14.8. The molecule has 1 heterocycles. The quantitative estimate of drug-likeness (QED) is 0.515. The first-order valence-corrected chi connectivity index (χ1v) is 7.86. The SMILES string of the molecule is CCCCCC(C)(O)C=CC1C(O)CC2OC(O)CC21. The van der Waals surface area contributed by atoms with E-state index in [9.17, 15) is 15.3 Å². The molecule has 0 aromatic carbocycles. The van der Waals surface area contributed by atoms with Gasteiger partial charge in [-0.1, -0.05) is 38.3 Å². The highest BCUT2D eigenvalue weighted by Gasteiger charge is 2.47. The van der Waals surface area contributed by atoms with Crippen LogP contribution in [0.3, 0.4) is 0 Å². The smallest absolute Gasteiger partial charge is 0.155 e. The van der Waals surface area contributed by atoms with Gasteiger partial charge in [0.1, 0.15) is 0 Å². The summed E-state index contributed by atoms with van der Waals surface area (Å²) in [7, 11) is 0. The van der Waals surface area contributed by atoms with Crippen molar-refractivity contribution in [1.82, 2.24) is 0 Å². The maximum absolute atomic E-state index is 10.3. The van der Waals surface area contributed by atoms with Crippen LogP contribution in [0.1, 0.15) is 52.4 Å². The minimum absolute atomic E-state index is 0.0187. The predicted molar refractivity (Wildman–Crippen MR) is 77.0 cm³/mol. The van der Waals surface area contributed by atoms with E-state index in [1.807, 2.05) is 19.1 Å². The lowest BCUT2D eigenvalue weighted by molar-refractivity contribution is -0.0949. The molecule has 0 aromatic rings. The van der Waals surface area contributed by atoms with Crippen molar-refractivity contribution in [2.45, 2.75) is 76.5 Å². The minimum atomic E-state index is -0.814. The Hall–Kier alpha value is -0.420. The van der Waals surface area contributed by atoms with Crippen molar-refractivity contribution in [3.63, 3.8) is 0 Å². The standard InChI is InChI=1S/C16H28O4/c1-3-4-5-7-16(2,19)8-6-11-12-9-15(18)20-14(12)10-13(11)17/h6,8,11-15,17-19H,3-5,7,9-10H2,1-2H3. The van der Waals surface area contributed by atoms with Crippen LogP contribution in [0.15, 0.2) is 12.2 Å². The van der Waals surface area contributed by atoms with Gasteiger partial charge in [0.25, 0.3) is 0 Å². The van der Waals surface area contributed by atoms with Crippen LogP contribution in [-0.4, -0.2) is 39.4 Å². The maximum atomic E-state index is 10.3. The Balaban J connectivity index is 1.92. The van der Waals surface area contributed by atoms with E-state index in [4.69, 9.17) is 4.74 Å². The molecule has 20 heavy (non-hydrogen) atoms. The predicted octanol–water partition coefficient (Wildman–Crippen LogP) is 1.98. The maximum Gasteiger partial charge on any atom is 0.155 e. The van der Waals surface area contributed by atoms with Crippen LogP contribution >= 0.6 is 0 Å². The van der Waals surface area contributed by atoms with Crippen LogP contribution in [0.5, 0.6) is 0 Å². The number of aliphatic hydroxyl groups excluding tert-OH is 2. The summed E-state index contributed by atoms with van der Waals surface area (Å²) in [6.07, 6.45) is 7.76. The molecule has 6 atom stereocenters. The second kappa shape index (κ2) is 6.56. The molecular formula is C16H28O4. The normalized spacial score (nSPS) is 40.1. The Kier molecular flexibility index (Phi) is 5.24. The zero-order valence-electron chi connectivity index (χ0n) is 12.5. The van der Waals surface area contributed by atoms with Crippen molar-refractivity contribution < 1.29 is 20.1 Å². The first kappa shape index (κ1) is 16.0. The van der Waals surface area contributed by atoms with E-state index >= 15 is 0 Å². The van der Waals surface area contributed by atoms with E-state index in [-0.39, 0.29) is 17.9 Å². The van der Waals surface area contributed by atoms with Crippen LogP contribution in [0.25, 0.3) is 0 Å². The number of ether oxygens (including phenoxy) is 1. The van der Waals surface area contributed by atoms with Gasteiger partial charge in [0.05, 0.1) is 17.8 Å². The Morgan fingerprint density at radius 2 is 2.00 bits per heavy atom. The molecule has 116 valence electrons. The van der Waals surface area contributed by atoms with E-state index in [0.29, 0.717) is 12.8 Å². The lowest BCUT2D eigenvalue weighted by atomic mass is 9.89. The van der Waals surface area contributed by atoms with Gasteiger partial charge in [0, 0.05) is 18.8 Å². The molecule has 3 N–H and O–H groups in total. The topological polar surface area (TPSA) is 69.9 Å². The van der Waals surface area contributed by atoms with Crippen molar-refractivity contribution >= 4 is 0 Å². The average molecular weight is 284 g/mol. The highest BCUT2D eigenvalue weighted by atomic mass is 16.6. The molecule has 2 rings (SSSR count). The number of rotatable bonds is 6. The van der Waals surface area contributed by atoms with Crippen molar-refractivity contribution in [3.8, 4) is 0 Å². The summed E-state index contributed by atoms with van der Waals surface area (Å²) >= 11 is 0. The number of unbranched alkanes of at least 4 members (excludes halogenated alkanes) is 2. The van der Waals surface area contributed by atoms with Gasteiger partial charge < -0.3 is 20.1 Å². The number of fused-ring (bicyclic) bond motifs is 1. The molecular weight excluding hydrogens is 256 g/mol. The lowest BCUT2D eigenvalue weighted by Crippen LogP contribution is -2.23. The monoisotopic (exact) mass is 284 g/mol. The average Bonchev–Trinajstić information content (AvgIpc) is 2.82. The van der Waals surface area contributed by atoms with Gasteiger partial charge in [0.15, 0.2) is 6.29 Å². The molecule has 0 radical (unpaired) electrons. The molecule has 4 heteroatoms. The highest BCUT2D eigenvalue weighted by Crippen LogP contribution is 2.43. The van der Waals surface area contributed by atoms with E-state index in [1.165, 1.54) is 0 Å². The van der Waals surface area contributed by atoms with Gasteiger partial charge >= 0.3 is 0 Å². The Morgan fingerprint density at radius 3 is 2.70 bits per heavy atom. The fourth-order valence-corrected chi connectivity index (χ4v) is 3.46. The molecule has 2 aliphatic rings. The highest BCUT2D eigenvalue weighted by molar-refractivity contribution is 5.09. The number of hydrogen-bond acceptors (Lipinski definition) is 4. The summed E-state index contributed by atoms with van der Waals surface area (Å²) in [5, 5.41) is 30.0. The van der Waals surface area contributed by atoms with E-state index in [1.54, 1.807) is 0 Å². The summed E-state index contributed by atoms with van der Waals surface area (Å²) in [6.45, 7) is 3.96. The largest absolute Gasteiger partial charge is 0.392 e. The van der Waals surface area contributed by atoms with Crippen LogP contribution in [0.2, 0.25) is 0 Å². The van der Waals surface area contributed by atoms with Gasteiger partial charge in [0.2, 0.25) is 0 Å². The van der Waals surface area contributed by atoms with Gasteiger partial charge in [-0.2, -0.15) is 0 Å². The van der Waals surface area contributed by atoms with Gasteiger partial charge in [-0.25, -0.2) is 0 Å². The van der Waals surface area contributed by atoms with Crippen LogP contribution in [-0.2, 0) is 4.74 Å². The van der Waals surface area contributed by atoms with E-state index < -0.39 is 18.0 Å². The van der Waals surface area contributed by atoms with Gasteiger partial charge in [-0.15, -0.1) is 0 Å². The Labute approximate surface area is 121 Å². The zero-order valence-corrected chi connectivity index (χ0v) is 12.5. The van der Waals surface area contributed by atoms with Gasteiger partial charge in [-0.3, -0.25) is 0 Å². The molecule has 1 aliphatic heterocycles. The van der Waals surface area contributed by atoms with Crippen LogP contribution < -0.4 is 0 Å². The van der Waals surface area contributed by atoms with Gasteiger partial charge in [-0.05, 0) is 19.3 Å². The molecule has 1 saturated heterocycles. The lowest BCUT2D eigenvalue weighted by Gasteiger charge is -2.22. The minimum Gasteiger partial charge on any atom is -0.392 e. The van der Waals surface area contributed by atoms with Crippen LogP contribution in [0, 0.1) is 11.8 Å². The molecule has 2 fully saturated rings. The Bertz CT molecular complexity index is 339. The van der Waals surface area contributed by atoms with Crippen molar-refractivity contribution in [1.29, 1.82) is 0 Å². The third kappa shape index (κ3) is 3.82. The summed E-state index contributed by atoms with van der Waals surface area (Å²) in [4.78, 5) is 0. The number of aliphatic hydroxyl groups is 3. The van der Waals surface area contributed by atoms with Crippen molar-refractivity contribution in [2.24, 2.45) is 11.8 Å².